The summed E-state index contributed by atoms with van der Waals surface area (Å²) in [5.74, 6) is 0. The maximum atomic E-state index is 10.4. The molecule has 0 aromatic rings. The summed E-state index contributed by atoms with van der Waals surface area (Å²) in [6.07, 6.45) is 28.1. The zero-order chi connectivity index (χ0) is 23.0. The molecule has 0 aliphatic carbocycles. The smallest absolute Gasteiger partial charge is 0.126 e. The monoisotopic (exact) mass is 440 g/mol. The first-order valence-electron chi connectivity index (χ1n) is 14.3. The van der Waals surface area contributed by atoms with Crippen LogP contribution in [-0.4, -0.2) is 35.4 Å². The molecule has 0 radical (unpaired) electrons. The van der Waals surface area contributed by atoms with Gasteiger partial charge in [-0.3, -0.25) is 4.90 Å². The molecule has 3 nitrogen and oxygen atoms in total. The van der Waals surface area contributed by atoms with E-state index in [1.165, 1.54) is 128 Å². The van der Waals surface area contributed by atoms with E-state index in [1.54, 1.807) is 0 Å². The second-order valence-electron chi connectivity index (χ2n) is 10.1. The van der Waals surface area contributed by atoms with Gasteiger partial charge in [-0.25, -0.2) is 0 Å². The van der Waals surface area contributed by atoms with E-state index in [9.17, 15) is 5.11 Å². The van der Waals surface area contributed by atoms with Crippen LogP contribution in [0.2, 0.25) is 0 Å². The zero-order valence-electron chi connectivity index (χ0n) is 21.9. The number of nitrogens with two attached hydrogens (primary N) is 1. The van der Waals surface area contributed by atoms with Crippen molar-refractivity contribution in [3.8, 4) is 0 Å². The third-order valence-corrected chi connectivity index (χ3v) is 6.77. The van der Waals surface area contributed by atoms with Gasteiger partial charge in [-0.05, 0) is 32.4 Å². The first-order valence-corrected chi connectivity index (χ1v) is 14.3. The highest BCUT2D eigenvalue weighted by Gasteiger charge is 2.21. The number of unbranched alkanes of at least 4 members (excludes halogenated alkanes) is 18. The summed E-state index contributed by atoms with van der Waals surface area (Å²) in [7, 11) is 0. The van der Waals surface area contributed by atoms with E-state index in [-0.39, 0.29) is 0 Å². The van der Waals surface area contributed by atoms with Crippen molar-refractivity contribution in [1.29, 1.82) is 0 Å². The van der Waals surface area contributed by atoms with E-state index < -0.39 is 5.72 Å². The summed E-state index contributed by atoms with van der Waals surface area (Å²) in [5, 5.41) is 10.4. The Labute approximate surface area is 196 Å². The summed E-state index contributed by atoms with van der Waals surface area (Å²) in [6, 6.07) is 0. The molecule has 0 aliphatic heterocycles. The van der Waals surface area contributed by atoms with Gasteiger partial charge in [-0.1, -0.05) is 136 Å². The zero-order valence-corrected chi connectivity index (χ0v) is 21.9. The van der Waals surface area contributed by atoms with Crippen LogP contribution in [0.3, 0.4) is 0 Å². The van der Waals surface area contributed by atoms with E-state index in [0.717, 1.165) is 13.1 Å². The molecule has 0 aromatic carbocycles. The van der Waals surface area contributed by atoms with Crippen molar-refractivity contribution >= 4 is 0 Å². The molecule has 0 saturated carbocycles. The third kappa shape index (κ3) is 22.9. The topological polar surface area (TPSA) is 49.5 Å². The molecule has 0 bridgehead atoms. The van der Waals surface area contributed by atoms with Gasteiger partial charge in [0.25, 0.3) is 0 Å². The summed E-state index contributed by atoms with van der Waals surface area (Å²) in [5.41, 5.74) is 5.04. The Morgan fingerprint density at radius 2 is 0.806 bits per heavy atom. The van der Waals surface area contributed by atoms with E-state index in [4.69, 9.17) is 5.73 Å². The first kappa shape index (κ1) is 30.9. The normalized spacial score (nSPS) is 13.7. The Morgan fingerprint density at radius 1 is 0.516 bits per heavy atom. The molecule has 0 rings (SSSR count). The molecular weight excluding hydrogens is 380 g/mol. The van der Waals surface area contributed by atoms with Crippen LogP contribution in [0.25, 0.3) is 0 Å². The van der Waals surface area contributed by atoms with Gasteiger partial charge >= 0.3 is 0 Å². The largest absolute Gasteiger partial charge is 0.375 e. The van der Waals surface area contributed by atoms with Gasteiger partial charge in [0.05, 0.1) is 0 Å². The SMILES string of the molecule is CCCCCCCCCCCCN(CCCCCCCCCCCC)CC(N)(O)CC. The highest BCUT2D eigenvalue weighted by molar-refractivity contribution is 4.74. The fourth-order valence-electron chi connectivity index (χ4n) is 4.41. The van der Waals surface area contributed by atoms with E-state index in [2.05, 4.69) is 18.7 Å². The van der Waals surface area contributed by atoms with Gasteiger partial charge in [0, 0.05) is 6.54 Å². The van der Waals surface area contributed by atoms with E-state index in [1.807, 2.05) is 6.92 Å². The molecule has 31 heavy (non-hydrogen) atoms. The summed E-state index contributed by atoms with van der Waals surface area (Å²) < 4.78 is 0. The van der Waals surface area contributed by atoms with Crippen molar-refractivity contribution in [1.82, 2.24) is 4.90 Å². The Balaban J connectivity index is 3.81. The molecule has 0 heterocycles. The van der Waals surface area contributed by atoms with Crippen molar-refractivity contribution in [2.75, 3.05) is 19.6 Å². The number of nitrogens with zero attached hydrogens (tertiary/aromatic N) is 1. The molecule has 188 valence electrons. The molecule has 0 saturated heterocycles. The first-order chi connectivity index (χ1) is 15.1. The maximum Gasteiger partial charge on any atom is 0.126 e. The number of aliphatic hydroxyl groups is 1. The van der Waals surface area contributed by atoms with E-state index in [0.29, 0.717) is 13.0 Å². The highest BCUT2D eigenvalue weighted by atomic mass is 16.3. The summed E-state index contributed by atoms with van der Waals surface area (Å²) in [4.78, 5) is 2.43. The lowest BCUT2D eigenvalue weighted by atomic mass is 10.1. The molecule has 0 spiro atoms. The predicted octanol–water partition coefficient (Wildman–Crippen LogP) is 8.19. The minimum absolute atomic E-state index is 0.623. The lowest BCUT2D eigenvalue weighted by Crippen LogP contribution is -2.50. The van der Waals surface area contributed by atoms with Gasteiger partial charge in [-0.15, -0.1) is 0 Å². The summed E-state index contributed by atoms with van der Waals surface area (Å²) in [6.45, 7) is 9.36. The molecule has 1 unspecified atom stereocenters. The van der Waals surface area contributed by atoms with Crippen LogP contribution < -0.4 is 5.73 Å². The lowest BCUT2D eigenvalue weighted by Gasteiger charge is -2.30. The molecule has 0 aliphatic rings. The van der Waals surface area contributed by atoms with Gasteiger partial charge in [0.1, 0.15) is 5.72 Å². The minimum Gasteiger partial charge on any atom is -0.375 e. The van der Waals surface area contributed by atoms with E-state index >= 15 is 0 Å². The highest BCUT2D eigenvalue weighted by Crippen LogP contribution is 2.14. The third-order valence-electron chi connectivity index (χ3n) is 6.77. The fourth-order valence-corrected chi connectivity index (χ4v) is 4.41. The minimum atomic E-state index is -1.03. The van der Waals surface area contributed by atoms with Crippen LogP contribution in [-0.2, 0) is 0 Å². The van der Waals surface area contributed by atoms with Crippen LogP contribution in [0, 0.1) is 0 Å². The maximum absolute atomic E-state index is 10.4. The Kier molecular flexibility index (Phi) is 23.0. The average Bonchev–Trinajstić information content (AvgIpc) is 2.76. The Morgan fingerprint density at radius 3 is 1.10 bits per heavy atom. The van der Waals surface area contributed by atoms with Crippen molar-refractivity contribution in [2.45, 2.75) is 161 Å². The fraction of sp³-hybridized carbons (Fsp3) is 1.00. The van der Waals surface area contributed by atoms with Crippen LogP contribution >= 0.6 is 0 Å². The standard InChI is InChI=1S/C28H60N2O/c1-4-7-9-11-13-15-17-19-21-23-25-30(27-28(29,31)6-3)26-24-22-20-18-16-14-12-10-8-5-2/h31H,4-27,29H2,1-3H3. The van der Waals surface area contributed by atoms with Crippen LogP contribution in [0.5, 0.6) is 0 Å². The van der Waals surface area contributed by atoms with Crippen molar-refractivity contribution < 1.29 is 5.11 Å². The van der Waals surface area contributed by atoms with Crippen molar-refractivity contribution in [3.63, 3.8) is 0 Å². The predicted molar refractivity (Wildman–Crippen MR) is 140 cm³/mol. The molecule has 3 heteroatoms. The molecule has 0 amide bonds. The lowest BCUT2D eigenvalue weighted by molar-refractivity contribution is 0.00443. The Bertz CT molecular complexity index is 322. The molecular formula is C28H60N2O. The van der Waals surface area contributed by atoms with Crippen LogP contribution in [0.1, 0.15) is 156 Å². The second-order valence-corrected chi connectivity index (χ2v) is 10.1. The molecule has 0 fully saturated rings. The van der Waals surface area contributed by atoms with Gasteiger partial charge in [-0.2, -0.15) is 0 Å². The van der Waals surface area contributed by atoms with Crippen LogP contribution in [0.15, 0.2) is 0 Å². The quantitative estimate of drug-likeness (QED) is 0.111. The van der Waals surface area contributed by atoms with Gasteiger partial charge < -0.3 is 10.8 Å². The number of rotatable bonds is 25. The number of hydrogen-bond acceptors (Lipinski definition) is 3. The average molecular weight is 441 g/mol. The molecule has 3 N–H and O–H groups in total. The van der Waals surface area contributed by atoms with Crippen molar-refractivity contribution in [2.24, 2.45) is 5.73 Å². The van der Waals surface area contributed by atoms with Crippen LogP contribution in [0.4, 0.5) is 0 Å². The molecule has 0 aromatic heterocycles. The number of hydrogen-bond donors (Lipinski definition) is 2. The Hall–Kier alpha value is -0.120. The molecule has 1 atom stereocenters. The van der Waals surface area contributed by atoms with Gasteiger partial charge in [0.15, 0.2) is 0 Å². The van der Waals surface area contributed by atoms with Gasteiger partial charge in [0.2, 0.25) is 0 Å². The van der Waals surface area contributed by atoms with Crippen molar-refractivity contribution in [3.05, 3.63) is 0 Å². The summed E-state index contributed by atoms with van der Waals surface area (Å²) >= 11 is 0. The second kappa shape index (κ2) is 23.1.